The first kappa shape index (κ1) is 25.1. The largest absolute Gasteiger partial charge is 0.264 e. The van der Waals surface area contributed by atoms with Crippen LogP contribution < -0.4 is 0 Å². The molecular formula is C41H28N2. The molecule has 0 radical (unpaired) electrons. The van der Waals surface area contributed by atoms with Crippen LogP contribution in [0, 0.1) is 6.92 Å². The van der Waals surface area contributed by atoms with Gasteiger partial charge in [0, 0.05) is 23.5 Å². The minimum absolute atomic E-state index is 0.925. The van der Waals surface area contributed by atoms with Crippen molar-refractivity contribution in [2.75, 3.05) is 0 Å². The molecular weight excluding hydrogens is 520 g/mol. The Morgan fingerprint density at radius 1 is 0.442 bits per heavy atom. The third kappa shape index (κ3) is 4.36. The van der Waals surface area contributed by atoms with Crippen molar-refractivity contribution in [3.05, 3.63) is 157 Å². The Kier molecular flexibility index (Phi) is 6.05. The third-order valence-electron chi connectivity index (χ3n) is 8.47. The van der Waals surface area contributed by atoms with Crippen molar-refractivity contribution in [1.82, 2.24) is 9.97 Å². The van der Waals surface area contributed by atoms with Gasteiger partial charge in [-0.15, -0.1) is 0 Å². The lowest BCUT2D eigenvalue weighted by Gasteiger charge is -2.19. The van der Waals surface area contributed by atoms with Crippen molar-refractivity contribution in [1.29, 1.82) is 0 Å². The molecule has 0 saturated heterocycles. The zero-order valence-corrected chi connectivity index (χ0v) is 23.8. The number of benzene rings is 6. The van der Waals surface area contributed by atoms with Crippen molar-refractivity contribution in [3.8, 4) is 44.8 Å². The van der Waals surface area contributed by atoms with Crippen LogP contribution in [0.5, 0.6) is 0 Å². The highest BCUT2D eigenvalue weighted by Crippen LogP contribution is 2.45. The molecule has 6 aromatic carbocycles. The zero-order valence-electron chi connectivity index (χ0n) is 23.8. The summed E-state index contributed by atoms with van der Waals surface area (Å²) in [7, 11) is 0. The molecule has 0 bridgehead atoms. The van der Waals surface area contributed by atoms with E-state index in [1.54, 1.807) is 6.20 Å². The van der Waals surface area contributed by atoms with Gasteiger partial charge in [-0.2, -0.15) is 0 Å². The van der Waals surface area contributed by atoms with Gasteiger partial charge < -0.3 is 0 Å². The number of fused-ring (bicyclic) bond motifs is 3. The second kappa shape index (κ2) is 10.3. The van der Waals surface area contributed by atoms with Gasteiger partial charge in [-0.25, -0.2) is 4.98 Å². The summed E-state index contributed by atoms with van der Waals surface area (Å²) in [4.78, 5) is 9.25. The van der Waals surface area contributed by atoms with E-state index in [4.69, 9.17) is 4.98 Å². The number of hydrogen-bond acceptors (Lipinski definition) is 2. The second-order valence-corrected chi connectivity index (χ2v) is 11.1. The molecule has 2 heteroatoms. The molecule has 8 aromatic rings. The molecule has 2 aromatic heterocycles. The maximum atomic E-state index is 4.98. The maximum Gasteiger partial charge on any atom is 0.0725 e. The van der Waals surface area contributed by atoms with Crippen LogP contribution in [0.3, 0.4) is 0 Å². The third-order valence-corrected chi connectivity index (χ3v) is 8.47. The molecule has 0 unspecified atom stereocenters. The van der Waals surface area contributed by atoms with E-state index >= 15 is 0 Å². The van der Waals surface area contributed by atoms with Crippen molar-refractivity contribution >= 4 is 32.3 Å². The first-order valence-corrected chi connectivity index (χ1v) is 14.7. The SMILES string of the molecule is Cc1cc(-c2cccc(-c3cccnc3)n2)ccc1-c1c2ccccc2c(-c2ccc3ccccc3c2)c2ccccc12. The van der Waals surface area contributed by atoms with Crippen molar-refractivity contribution in [3.63, 3.8) is 0 Å². The summed E-state index contributed by atoms with van der Waals surface area (Å²) in [5.74, 6) is 0. The fraction of sp³-hybridized carbons (Fsp3) is 0.0244. The Labute approximate surface area is 251 Å². The Bertz CT molecular complexity index is 2240. The van der Waals surface area contributed by atoms with E-state index in [1.807, 2.05) is 24.4 Å². The van der Waals surface area contributed by atoms with E-state index in [1.165, 1.54) is 60.1 Å². The molecule has 0 aliphatic rings. The normalized spacial score (nSPS) is 11.4. The fourth-order valence-electron chi connectivity index (χ4n) is 6.45. The molecule has 0 fully saturated rings. The van der Waals surface area contributed by atoms with Gasteiger partial charge in [0.2, 0.25) is 0 Å². The maximum absolute atomic E-state index is 4.98. The van der Waals surface area contributed by atoms with E-state index in [-0.39, 0.29) is 0 Å². The smallest absolute Gasteiger partial charge is 0.0725 e. The van der Waals surface area contributed by atoms with Gasteiger partial charge in [0.1, 0.15) is 0 Å². The van der Waals surface area contributed by atoms with Gasteiger partial charge in [0.25, 0.3) is 0 Å². The molecule has 0 aliphatic heterocycles. The molecule has 0 atom stereocenters. The van der Waals surface area contributed by atoms with Crippen LogP contribution in [-0.4, -0.2) is 9.97 Å². The highest BCUT2D eigenvalue weighted by molar-refractivity contribution is 6.22. The summed E-state index contributed by atoms with van der Waals surface area (Å²) in [5.41, 5.74) is 10.3. The van der Waals surface area contributed by atoms with Gasteiger partial charge in [-0.05, 0) is 103 Å². The summed E-state index contributed by atoms with van der Waals surface area (Å²) in [6.45, 7) is 2.21. The van der Waals surface area contributed by atoms with Crippen LogP contribution in [0.4, 0.5) is 0 Å². The minimum Gasteiger partial charge on any atom is -0.264 e. The molecule has 0 spiro atoms. The standard InChI is InChI=1S/C41H28N2/c1-27-24-30(38-17-8-18-39(43-38)32-12-9-23-42-26-32)21-22-33(27)41-36-15-6-4-13-34(36)40(35-14-5-7-16-37(35)41)31-20-19-28-10-2-3-11-29(28)25-31/h2-26H,1H3. The Balaban J connectivity index is 1.32. The molecule has 0 saturated carbocycles. The summed E-state index contributed by atoms with van der Waals surface area (Å²) in [5, 5.41) is 7.56. The molecule has 8 rings (SSSR count). The molecule has 0 N–H and O–H groups in total. The highest BCUT2D eigenvalue weighted by Gasteiger charge is 2.18. The Hall–Kier alpha value is -5.60. The van der Waals surface area contributed by atoms with Crippen LogP contribution in [0.25, 0.3) is 77.1 Å². The first-order chi connectivity index (χ1) is 21.2. The predicted molar refractivity (Wildman–Crippen MR) is 181 cm³/mol. The molecule has 43 heavy (non-hydrogen) atoms. The van der Waals surface area contributed by atoms with Crippen molar-refractivity contribution < 1.29 is 0 Å². The predicted octanol–water partition coefficient (Wildman–Crippen LogP) is 10.9. The van der Waals surface area contributed by atoms with Crippen LogP contribution in [0.15, 0.2) is 152 Å². The molecule has 2 heterocycles. The van der Waals surface area contributed by atoms with Gasteiger partial charge in [-0.3, -0.25) is 4.98 Å². The molecule has 202 valence electrons. The number of pyridine rings is 2. The monoisotopic (exact) mass is 548 g/mol. The van der Waals surface area contributed by atoms with Gasteiger partial charge in [0.05, 0.1) is 11.4 Å². The van der Waals surface area contributed by atoms with E-state index < -0.39 is 0 Å². The van der Waals surface area contributed by atoms with E-state index in [0.717, 1.165) is 22.5 Å². The summed E-state index contributed by atoms with van der Waals surface area (Å²) < 4.78 is 0. The number of aromatic nitrogens is 2. The average molecular weight is 549 g/mol. The average Bonchev–Trinajstić information content (AvgIpc) is 3.07. The first-order valence-electron chi connectivity index (χ1n) is 14.7. The molecule has 0 amide bonds. The van der Waals surface area contributed by atoms with E-state index in [2.05, 4.69) is 133 Å². The quantitative estimate of drug-likeness (QED) is 0.204. The minimum atomic E-state index is 0.925. The zero-order chi connectivity index (χ0) is 28.8. The van der Waals surface area contributed by atoms with Crippen LogP contribution in [0.2, 0.25) is 0 Å². The lowest BCUT2D eigenvalue weighted by Crippen LogP contribution is -1.94. The van der Waals surface area contributed by atoms with Gasteiger partial charge in [-0.1, -0.05) is 103 Å². The summed E-state index contributed by atoms with van der Waals surface area (Å²) >= 11 is 0. The summed E-state index contributed by atoms with van der Waals surface area (Å²) in [6, 6.07) is 50.1. The highest BCUT2D eigenvalue weighted by atomic mass is 14.7. The molecule has 2 nitrogen and oxygen atoms in total. The second-order valence-electron chi connectivity index (χ2n) is 11.1. The van der Waals surface area contributed by atoms with Gasteiger partial charge >= 0.3 is 0 Å². The van der Waals surface area contributed by atoms with Crippen LogP contribution in [-0.2, 0) is 0 Å². The van der Waals surface area contributed by atoms with E-state index in [0.29, 0.717) is 0 Å². The Morgan fingerprint density at radius 2 is 1.07 bits per heavy atom. The number of rotatable bonds is 4. The number of aryl methyl sites for hydroxylation is 1. The van der Waals surface area contributed by atoms with Crippen molar-refractivity contribution in [2.24, 2.45) is 0 Å². The van der Waals surface area contributed by atoms with Crippen molar-refractivity contribution in [2.45, 2.75) is 6.92 Å². The van der Waals surface area contributed by atoms with Gasteiger partial charge in [0.15, 0.2) is 0 Å². The van der Waals surface area contributed by atoms with E-state index in [9.17, 15) is 0 Å². The summed E-state index contributed by atoms with van der Waals surface area (Å²) in [6.07, 6.45) is 3.65. The van der Waals surface area contributed by atoms with Crippen LogP contribution in [0.1, 0.15) is 5.56 Å². The fourth-order valence-corrected chi connectivity index (χ4v) is 6.45. The lowest BCUT2D eigenvalue weighted by atomic mass is 9.84. The Morgan fingerprint density at radius 3 is 1.74 bits per heavy atom. The topological polar surface area (TPSA) is 25.8 Å². The van der Waals surface area contributed by atoms with Crippen LogP contribution >= 0.6 is 0 Å². The lowest BCUT2D eigenvalue weighted by molar-refractivity contribution is 1.28. The number of nitrogens with zero attached hydrogens (tertiary/aromatic N) is 2. The molecule has 0 aliphatic carbocycles. The number of hydrogen-bond donors (Lipinski definition) is 0.